The van der Waals surface area contributed by atoms with E-state index in [4.69, 9.17) is 19.7 Å². The van der Waals surface area contributed by atoms with E-state index in [9.17, 15) is 0 Å². The van der Waals surface area contributed by atoms with Crippen LogP contribution in [0.4, 0.5) is 0 Å². The smallest absolute Gasteiger partial charge is 0.100 e. The summed E-state index contributed by atoms with van der Waals surface area (Å²) in [7, 11) is 4.08. The van der Waals surface area contributed by atoms with Gasteiger partial charge in [0, 0.05) is 44.8 Å². The summed E-state index contributed by atoms with van der Waals surface area (Å²) in [5, 5.41) is 16.2. The van der Waals surface area contributed by atoms with E-state index in [1.54, 1.807) is 0 Å². The molecule has 33 heavy (non-hydrogen) atoms. The second-order valence-corrected chi connectivity index (χ2v) is 9.32. The SMILES string of the molecule is C.C=C(CN1CCOCC1)C(C)CC.C=C(OCCN(C)C)C(C)(C)CC.OCCCCO. The minimum absolute atomic E-state index is 0. The molecule has 6 nitrogen and oxygen atoms in total. The molecule has 6 heteroatoms. The van der Waals surface area contributed by atoms with Gasteiger partial charge in [0.1, 0.15) is 6.61 Å². The predicted octanol–water partition coefficient (Wildman–Crippen LogP) is 4.82. The van der Waals surface area contributed by atoms with Gasteiger partial charge in [-0.2, -0.15) is 0 Å². The van der Waals surface area contributed by atoms with Gasteiger partial charge in [-0.1, -0.05) is 60.8 Å². The molecule has 0 bridgehead atoms. The molecular weight excluding hydrogens is 416 g/mol. The van der Waals surface area contributed by atoms with Crippen LogP contribution in [0.25, 0.3) is 0 Å². The standard InChI is InChI=1S/C11H21NO.C11H23NO.C4H10O2.CH4/c1-4-10(2)11(3)9-12-5-7-13-8-6-12;1-7-11(3,4)10(2)13-9-8-12(5)6;5-3-1-2-4-6;/h10H,3-9H2,1-2H3;2,7-9H2,1,3-6H3;5-6H,1-4H2;1H4. The second-order valence-electron chi connectivity index (χ2n) is 9.32. The van der Waals surface area contributed by atoms with Gasteiger partial charge in [-0.05, 0) is 45.7 Å². The van der Waals surface area contributed by atoms with Crippen LogP contribution in [0.5, 0.6) is 0 Å². The first-order valence-corrected chi connectivity index (χ1v) is 12.2. The molecule has 0 radical (unpaired) electrons. The number of morpholine rings is 1. The molecule has 1 atom stereocenters. The fourth-order valence-electron chi connectivity index (χ4n) is 2.46. The zero-order valence-corrected chi connectivity index (χ0v) is 22.3. The van der Waals surface area contributed by atoms with Crippen molar-refractivity contribution < 1.29 is 19.7 Å². The quantitative estimate of drug-likeness (QED) is 0.227. The van der Waals surface area contributed by atoms with Gasteiger partial charge in [-0.3, -0.25) is 4.90 Å². The Morgan fingerprint density at radius 1 is 1.09 bits per heavy atom. The molecule has 0 saturated carbocycles. The number of aliphatic hydroxyl groups excluding tert-OH is 2. The Morgan fingerprint density at radius 2 is 1.61 bits per heavy atom. The van der Waals surface area contributed by atoms with Gasteiger partial charge < -0.3 is 24.6 Å². The second kappa shape index (κ2) is 22.9. The Labute approximate surface area is 206 Å². The molecule has 0 aliphatic carbocycles. The third-order valence-corrected chi connectivity index (χ3v) is 5.86. The van der Waals surface area contributed by atoms with Gasteiger partial charge in [0.15, 0.2) is 0 Å². The molecule has 200 valence electrons. The summed E-state index contributed by atoms with van der Waals surface area (Å²) >= 11 is 0. The summed E-state index contributed by atoms with van der Waals surface area (Å²) in [6.45, 7) is 26.0. The van der Waals surface area contributed by atoms with Gasteiger partial charge in [0.25, 0.3) is 0 Å². The van der Waals surface area contributed by atoms with E-state index in [1.165, 1.54) is 12.0 Å². The van der Waals surface area contributed by atoms with Crippen LogP contribution < -0.4 is 0 Å². The van der Waals surface area contributed by atoms with Crippen molar-refractivity contribution in [2.24, 2.45) is 11.3 Å². The Hall–Kier alpha value is -0.920. The third-order valence-electron chi connectivity index (χ3n) is 5.86. The number of allylic oxidation sites excluding steroid dienone is 1. The van der Waals surface area contributed by atoms with Crippen molar-refractivity contribution in [3.05, 3.63) is 24.5 Å². The normalized spacial score (nSPS) is 14.7. The van der Waals surface area contributed by atoms with Crippen molar-refractivity contribution >= 4 is 0 Å². The summed E-state index contributed by atoms with van der Waals surface area (Å²) in [5.74, 6) is 1.56. The highest BCUT2D eigenvalue weighted by Crippen LogP contribution is 2.29. The Balaban J connectivity index is -0.000000431. The number of ether oxygens (including phenoxy) is 2. The van der Waals surface area contributed by atoms with Crippen molar-refractivity contribution in [2.75, 3.05) is 73.3 Å². The Bertz CT molecular complexity index is 457. The number of unbranched alkanes of at least 4 members (excludes halogenated alkanes) is 1. The molecule has 0 aromatic carbocycles. The predicted molar refractivity (Wildman–Crippen MR) is 144 cm³/mol. The monoisotopic (exact) mass is 474 g/mol. The lowest BCUT2D eigenvalue weighted by molar-refractivity contribution is 0.0414. The van der Waals surface area contributed by atoms with E-state index in [0.717, 1.165) is 71.0 Å². The van der Waals surface area contributed by atoms with Crippen LogP contribution in [0.2, 0.25) is 0 Å². The lowest BCUT2D eigenvalue weighted by Crippen LogP contribution is -2.37. The molecule has 1 aliphatic heterocycles. The van der Waals surface area contributed by atoms with Gasteiger partial charge in [-0.25, -0.2) is 0 Å². The summed E-state index contributed by atoms with van der Waals surface area (Å²) in [6.07, 6.45) is 3.70. The fraction of sp³-hybridized carbons (Fsp3) is 0.852. The maximum atomic E-state index is 8.09. The molecule has 0 aromatic rings. The highest BCUT2D eigenvalue weighted by molar-refractivity contribution is 5.01. The van der Waals surface area contributed by atoms with Crippen LogP contribution in [-0.2, 0) is 9.47 Å². The zero-order valence-electron chi connectivity index (χ0n) is 22.3. The number of nitrogens with zero attached hydrogens (tertiary/aromatic N) is 2. The van der Waals surface area contributed by atoms with Crippen molar-refractivity contribution in [3.63, 3.8) is 0 Å². The summed E-state index contributed by atoms with van der Waals surface area (Å²) < 4.78 is 10.9. The van der Waals surface area contributed by atoms with Gasteiger partial charge in [0.2, 0.25) is 0 Å². The third kappa shape index (κ3) is 21.4. The van der Waals surface area contributed by atoms with Crippen LogP contribution in [-0.4, -0.2) is 93.3 Å². The van der Waals surface area contributed by atoms with Crippen LogP contribution in [0, 0.1) is 11.3 Å². The van der Waals surface area contributed by atoms with Crippen molar-refractivity contribution in [3.8, 4) is 0 Å². The largest absolute Gasteiger partial charge is 0.497 e. The number of hydrogen-bond acceptors (Lipinski definition) is 6. The molecule has 2 N–H and O–H groups in total. The zero-order chi connectivity index (χ0) is 25.0. The van der Waals surface area contributed by atoms with Crippen LogP contribution in [0.15, 0.2) is 24.5 Å². The lowest BCUT2D eigenvalue weighted by atomic mass is 9.88. The molecule has 1 aliphatic rings. The molecular formula is C27H58N2O4. The first-order valence-electron chi connectivity index (χ1n) is 12.2. The van der Waals surface area contributed by atoms with Crippen LogP contribution >= 0.6 is 0 Å². The fourth-order valence-corrected chi connectivity index (χ4v) is 2.46. The van der Waals surface area contributed by atoms with Crippen molar-refractivity contribution in [1.29, 1.82) is 0 Å². The van der Waals surface area contributed by atoms with Gasteiger partial charge in [-0.15, -0.1) is 0 Å². The molecule has 1 heterocycles. The van der Waals surface area contributed by atoms with Crippen LogP contribution in [0.3, 0.4) is 0 Å². The van der Waals surface area contributed by atoms with Gasteiger partial charge >= 0.3 is 0 Å². The maximum absolute atomic E-state index is 8.09. The Morgan fingerprint density at radius 3 is 2.00 bits per heavy atom. The Kier molecular flexibility index (Phi) is 25.4. The van der Waals surface area contributed by atoms with E-state index in [2.05, 4.69) is 57.6 Å². The summed E-state index contributed by atoms with van der Waals surface area (Å²) in [6, 6.07) is 0. The molecule has 1 saturated heterocycles. The maximum Gasteiger partial charge on any atom is 0.100 e. The van der Waals surface area contributed by atoms with E-state index in [-0.39, 0.29) is 26.1 Å². The number of aliphatic hydroxyl groups is 2. The summed E-state index contributed by atoms with van der Waals surface area (Å²) in [4.78, 5) is 4.53. The van der Waals surface area contributed by atoms with E-state index in [1.807, 2.05) is 14.1 Å². The van der Waals surface area contributed by atoms with Gasteiger partial charge in [0.05, 0.1) is 19.0 Å². The minimum atomic E-state index is 0. The number of rotatable bonds is 13. The number of likely N-dealkylation sites (N-methyl/N-ethyl adjacent to an activating group) is 1. The average Bonchev–Trinajstić information content (AvgIpc) is 2.78. The molecule has 1 unspecified atom stereocenters. The highest BCUT2D eigenvalue weighted by atomic mass is 16.5. The van der Waals surface area contributed by atoms with E-state index < -0.39 is 0 Å². The number of hydrogen-bond donors (Lipinski definition) is 2. The van der Waals surface area contributed by atoms with Crippen LogP contribution in [0.1, 0.15) is 67.7 Å². The average molecular weight is 475 g/mol. The first kappa shape index (κ1) is 36.6. The molecule has 0 amide bonds. The first-order chi connectivity index (χ1) is 15.0. The minimum Gasteiger partial charge on any atom is -0.497 e. The summed E-state index contributed by atoms with van der Waals surface area (Å²) in [5.41, 5.74) is 1.47. The molecule has 0 spiro atoms. The highest BCUT2D eigenvalue weighted by Gasteiger charge is 2.20. The van der Waals surface area contributed by atoms with Crippen molar-refractivity contribution in [2.45, 2.75) is 67.7 Å². The van der Waals surface area contributed by atoms with E-state index in [0.29, 0.717) is 5.92 Å². The van der Waals surface area contributed by atoms with E-state index >= 15 is 0 Å². The molecule has 0 aromatic heterocycles. The lowest BCUT2D eigenvalue weighted by Gasteiger charge is -2.28. The topological polar surface area (TPSA) is 65.4 Å². The molecule has 1 rings (SSSR count). The van der Waals surface area contributed by atoms with Crippen molar-refractivity contribution in [1.82, 2.24) is 9.80 Å². The molecule has 1 fully saturated rings.